The SMILES string of the molecule is CCNc1ncc(CN(C)C(CC)CC)s1. The lowest BCUT2D eigenvalue weighted by Gasteiger charge is -2.25. The molecule has 0 saturated heterocycles. The topological polar surface area (TPSA) is 28.2 Å². The van der Waals surface area contributed by atoms with Crippen LogP contribution in [-0.2, 0) is 6.54 Å². The number of aromatic nitrogens is 1. The number of thiazole rings is 1. The zero-order valence-corrected chi connectivity index (χ0v) is 11.6. The van der Waals surface area contributed by atoms with Gasteiger partial charge in [0.15, 0.2) is 5.13 Å². The molecule has 0 amide bonds. The number of nitrogens with zero attached hydrogens (tertiary/aromatic N) is 2. The van der Waals surface area contributed by atoms with Crippen molar-refractivity contribution in [2.24, 2.45) is 0 Å². The maximum Gasteiger partial charge on any atom is 0.182 e. The van der Waals surface area contributed by atoms with E-state index in [1.807, 2.05) is 6.20 Å². The van der Waals surface area contributed by atoms with Crippen molar-refractivity contribution in [3.63, 3.8) is 0 Å². The van der Waals surface area contributed by atoms with Gasteiger partial charge in [-0.2, -0.15) is 0 Å². The first-order chi connectivity index (χ1) is 7.71. The van der Waals surface area contributed by atoms with Gasteiger partial charge >= 0.3 is 0 Å². The summed E-state index contributed by atoms with van der Waals surface area (Å²) < 4.78 is 0. The van der Waals surface area contributed by atoms with E-state index in [2.05, 4.69) is 43.0 Å². The molecule has 3 nitrogen and oxygen atoms in total. The molecule has 92 valence electrons. The van der Waals surface area contributed by atoms with Crippen LogP contribution >= 0.6 is 11.3 Å². The Morgan fingerprint density at radius 3 is 2.62 bits per heavy atom. The predicted octanol–water partition coefficient (Wildman–Crippen LogP) is 3.20. The number of hydrogen-bond acceptors (Lipinski definition) is 4. The summed E-state index contributed by atoms with van der Waals surface area (Å²) in [6.07, 6.45) is 4.42. The lowest BCUT2D eigenvalue weighted by Crippen LogP contribution is -2.29. The molecule has 0 radical (unpaired) electrons. The van der Waals surface area contributed by atoms with Crippen molar-refractivity contribution in [2.45, 2.75) is 46.2 Å². The average molecular weight is 241 g/mol. The van der Waals surface area contributed by atoms with Gasteiger partial charge in [-0.15, -0.1) is 11.3 Å². The first kappa shape index (κ1) is 13.5. The van der Waals surface area contributed by atoms with Crippen molar-refractivity contribution in [3.8, 4) is 0 Å². The number of nitrogens with one attached hydrogen (secondary N) is 1. The van der Waals surface area contributed by atoms with Gasteiger partial charge in [-0.1, -0.05) is 13.8 Å². The summed E-state index contributed by atoms with van der Waals surface area (Å²) in [4.78, 5) is 8.11. The standard InChI is InChI=1S/C12H23N3S/c1-5-10(6-2)15(4)9-11-8-14-12(16-11)13-7-3/h8,10H,5-7,9H2,1-4H3,(H,13,14). The van der Waals surface area contributed by atoms with Crippen LogP contribution in [0.2, 0.25) is 0 Å². The molecule has 0 atom stereocenters. The van der Waals surface area contributed by atoms with Gasteiger partial charge in [-0.25, -0.2) is 4.98 Å². The molecule has 1 heterocycles. The molecule has 0 aromatic carbocycles. The van der Waals surface area contributed by atoms with Crippen LogP contribution in [0.15, 0.2) is 6.20 Å². The summed E-state index contributed by atoms with van der Waals surface area (Å²) in [6, 6.07) is 0.685. The van der Waals surface area contributed by atoms with Crippen molar-refractivity contribution in [2.75, 3.05) is 18.9 Å². The van der Waals surface area contributed by atoms with Crippen LogP contribution < -0.4 is 5.32 Å². The Hall–Kier alpha value is -0.610. The van der Waals surface area contributed by atoms with E-state index in [0.717, 1.165) is 18.2 Å². The smallest absolute Gasteiger partial charge is 0.182 e. The first-order valence-electron chi connectivity index (χ1n) is 6.10. The minimum Gasteiger partial charge on any atom is -0.362 e. The highest BCUT2D eigenvalue weighted by molar-refractivity contribution is 7.15. The van der Waals surface area contributed by atoms with E-state index in [-0.39, 0.29) is 0 Å². The van der Waals surface area contributed by atoms with Gasteiger partial charge in [0.2, 0.25) is 0 Å². The minimum atomic E-state index is 0.685. The molecule has 0 spiro atoms. The molecule has 0 aliphatic heterocycles. The van der Waals surface area contributed by atoms with E-state index >= 15 is 0 Å². The number of anilines is 1. The second kappa shape index (κ2) is 6.86. The maximum absolute atomic E-state index is 4.35. The van der Waals surface area contributed by atoms with Crippen LogP contribution in [-0.4, -0.2) is 29.5 Å². The van der Waals surface area contributed by atoms with Crippen LogP contribution in [0.1, 0.15) is 38.5 Å². The second-order valence-electron chi connectivity index (χ2n) is 4.05. The molecule has 0 fully saturated rings. The summed E-state index contributed by atoms with van der Waals surface area (Å²) in [5.74, 6) is 0. The van der Waals surface area contributed by atoms with E-state index < -0.39 is 0 Å². The molecule has 1 rings (SSSR count). The molecular formula is C12H23N3S. The Kier molecular flexibility index (Phi) is 5.77. The molecule has 1 aromatic rings. The molecule has 16 heavy (non-hydrogen) atoms. The fourth-order valence-electron chi connectivity index (χ4n) is 1.90. The van der Waals surface area contributed by atoms with Gasteiger partial charge in [0.05, 0.1) is 0 Å². The minimum absolute atomic E-state index is 0.685. The molecule has 0 unspecified atom stereocenters. The van der Waals surface area contributed by atoms with Gasteiger partial charge in [-0.05, 0) is 26.8 Å². The molecule has 1 N–H and O–H groups in total. The van der Waals surface area contributed by atoms with Crippen molar-refractivity contribution in [1.82, 2.24) is 9.88 Å². The predicted molar refractivity (Wildman–Crippen MR) is 72.1 cm³/mol. The third-order valence-electron chi connectivity index (χ3n) is 2.85. The Bertz CT molecular complexity index is 294. The fourth-order valence-corrected chi connectivity index (χ4v) is 2.84. The third-order valence-corrected chi connectivity index (χ3v) is 3.79. The van der Waals surface area contributed by atoms with Crippen LogP contribution in [0.3, 0.4) is 0 Å². The first-order valence-corrected chi connectivity index (χ1v) is 6.91. The van der Waals surface area contributed by atoms with Crippen LogP contribution in [0.4, 0.5) is 5.13 Å². The van der Waals surface area contributed by atoms with Crippen LogP contribution in [0.5, 0.6) is 0 Å². The Morgan fingerprint density at radius 1 is 1.38 bits per heavy atom. The van der Waals surface area contributed by atoms with Crippen molar-refractivity contribution >= 4 is 16.5 Å². The summed E-state index contributed by atoms with van der Waals surface area (Å²) in [6.45, 7) is 8.55. The van der Waals surface area contributed by atoms with Crippen molar-refractivity contribution in [1.29, 1.82) is 0 Å². The van der Waals surface area contributed by atoms with Gasteiger partial charge < -0.3 is 5.32 Å². The molecule has 4 heteroatoms. The third kappa shape index (κ3) is 3.76. The quantitative estimate of drug-likeness (QED) is 0.794. The monoisotopic (exact) mass is 241 g/mol. The highest BCUT2D eigenvalue weighted by Gasteiger charge is 2.12. The largest absolute Gasteiger partial charge is 0.362 e. The molecular weight excluding hydrogens is 218 g/mol. The summed E-state index contributed by atoms with van der Waals surface area (Å²) >= 11 is 1.76. The summed E-state index contributed by atoms with van der Waals surface area (Å²) in [7, 11) is 2.20. The zero-order valence-electron chi connectivity index (χ0n) is 10.8. The van der Waals surface area contributed by atoms with Gasteiger partial charge in [0.1, 0.15) is 0 Å². The zero-order chi connectivity index (χ0) is 12.0. The van der Waals surface area contributed by atoms with Gasteiger partial charge in [0, 0.05) is 30.2 Å². The van der Waals surface area contributed by atoms with E-state index in [4.69, 9.17) is 0 Å². The van der Waals surface area contributed by atoms with Gasteiger partial charge in [-0.3, -0.25) is 4.90 Å². The van der Waals surface area contributed by atoms with Gasteiger partial charge in [0.25, 0.3) is 0 Å². The van der Waals surface area contributed by atoms with Crippen LogP contribution in [0, 0.1) is 0 Å². The Morgan fingerprint density at radius 2 is 2.06 bits per heavy atom. The van der Waals surface area contributed by atoms with Crippen molar-refractivity contribution in [3.05, 3.63) is 11.1 Å². The van der Waals surface area contributed by atoms with E-state index in [1.54, 1.807) is 11.3 Å². The second-order valence-corrected chi connectivity index (χ2v) is 5.16. The van der Waals surface area contributed by atoms with E-state index in [1.165, 1.54) is 17.7 Å². The van der Waals surface area contributed by atoms with Crippen LogP contribution in [0.25, 0.3) is 0 Å². The summed E-state index contributed by atoms with van der Waals surface area (Å²) in [5, 5.41) is 4.28. The highest BCUT2D eigenvalue weighted by Crippen LogP contribution is 2.20. The normalized spacial score (nSPS) is 11.4. The Labute approximate surface area is 103 Å². The number of rotatable bonds is 7. The molecule has 0 bridgehead atoms. The molecule has 0 saturated carbocycles. The lowest BCUT2D eigenvalue weighted by atomic mass is 10.1. The Balaban J connectivity index is 2.51. The fraction of sp³-hybridized carbons (Fsp3) is 0.750. The lowest BCUT2D eigenvalue weighted by molar-refractivity contribution is 0.223. The maximum atomic E-state index is 4.35. The average Bonchev–Trinajstić information content (AvgIpc) is 2.68. The highest BCUT2D eigenvalue weighted by atomic mass is 32.1. The van der Waals surface area contributed by atoms with E-state index in [9.17, 15) is 0 Å². The molecule has 0 aliphatic rings. The molecule has 1 aromatic heterocycles. The van der Waals surface area contributed by atoms with E-state index in [0.29, 0.717) is 6.04 Å². The number of hydrogen-bond donors (Lipinski definition) is 1. The summed E-state index contributed by atoms with van der Waals surface area (Å²) in [5.41, 5.74) is 0. The molecule has 0 aliphatic carbocycles. The van der Waals surface area contributed by atoms with Crippen molar-refractivity contribution < 1.29 is 0 Å².